The van der Waals surface area contributed by atoms with Crippen molar-refractivity contribution < 1.29 is 13.5 Å². The number of sulfonamides is 1. The average Bonchev–Trinajstić information content (AvgIpc) is 2.46. The summed E-state index contributed by atoms with van der Waals surface area (Å²) in [5.41, 5.74) is 1.62. The molecule has 0 spiro atoms. The smallest absolute Gasteiger partial charge is 0.276 e. The summed E-state index contributed by atoms with van der Waals surface area (Å²) in [7, 11) is -3.81. The van der Waals surface area contributed by atoms with Gasteiger partial charge in [0.1, 0.15) is 5.75 Å². The van der Waals surface area contributed by atoms with Crippen LogP contribution in [0.4, 0.5) is 0 Å². The molecule has 2 aromatic carbocycles. The van der Waals surface area contributed by atoms with Crippen LogP contribution in [0, 0.1) is 13.8 Å². The minimum absolute atomic E-state index is 0.0522. The van der Waals surface area contributed by atoms with Gasteiger partial charge in [-0.15, -0.1) is 0 Å². The van der Waals surface area contributed by atoms with Crippen molar-refractivity contribution >= 4 is 39.4 Å². The molecule has 2 rings (SSSR count). The zero-order chi connectivity index (χ0) is 17.2. The Morgan fingerprint density at radius 2 is 1.87 bits per heavy atom. The number of benzene rings is 2. The van der Waals surface area contributed by atoms with E-state index in [1.165, 1.54) is 12.1 Å². The van der Waals surface area contributed by atoms with Crippen LogP contribution in [0.5, 0.6) is 5.75 Å². The number of phenols is 1. The van der Waals surface area contributed by atoms with E-state index in [0.29, 0.717) is 10.6 Å². The van der Waals surface area contributed by atoms with Gasteiger partial charge in [-0.25, -0.2) is 4.83 Å². The Morgan fingerprint density at radius 1 is 1.17 bits per heavy atom. The largest absolute Gasteiger partial charge is 0.506 e. The molecule has 0 bridgehead atoms. The van der Waals surface area contributed by atoms with E-state index in [1.54, 1.807) is 26.0 Å². The molecule has 23 heavy (non-hydrogen) atoms. The van der Waals surface area contributed by atoms with Crippen molar-refractivity contribution in [3.05, 3.63) is 57.1 Å². The highest BCUT2D eigenvalue weighted by Crippen LogP contribution is 2.30. The number of nitrogens with zero attached hydrogens (tertiary/aromatic N) is 1. The van der Waals surface area contributed by atoms with Gasteiger partial charge in [-0.2, -0.15) is 13.5 Å². The molecule has 0 aliphatic carbocycles. The second kappa shape index (κ2) is 6.78. The second-order valence-corrected chi connectivity index (χ2v) is 7.42. The van der Waals surface area contributed by atoms with Crippen molar-refractivity contribution in [2.45, 2.75) is 18.7 Å². The minimum atomic E-state index is -3.81. The zero-order valence-electron chi connectivity index (χ0n) is 12.3. The zero-order valence-corrected chi connectivity index (χ0v) is 14.7. The van der Waals surface area contributed by atoms with E-state index in [-0.39, 0.29) is 21.2 Å². The van der Waals surface area contributed by atoms with Gasteiger partial charge in [0.15, 0.2) is 0 Å². The standard InChI is InChI=1S/C15H14Cl2N2O3S/c1-9-3-4-10(2)14(5-9)23(21,22)19-18-8-11-6-12(16)7-13(17)15(11)20/h3-8,19-20H,1-2H3/b18-8+. The topological polar surface area (TPSA) is 78.8 Å². The molecule has 0 heterocycles. The number of hydrogen-bond donors (Lipinski definition) is 2. The van der Waals surface area contributed by atoms with Gasteiger partial charge in [-0.05, 0) is 43.2 Å². The molecule has 0 saturated carbocycles. The molecule has 0 aliphatic rings. The van der Waals surface area contributed by atoms with Gasteiger partial charge in [0.25, 0.3) is 10.0 Å². The van der Waals surface area contributed by atoms with Gasteiger partial charge >= 0.3 is 0 Å². The van der Waals surface area contributed by atoms with E-state index in [0.717, 1.165) is 11.8 Å². The normalized spacial score (nSPS) is 11.8. The van der Waals surface area contributed by atoms with Crippen LogP contribution in [0.1, 0.15) is 16.7 Å². The summed E-state index contributed by atoms with van der Waals surface area (Å²) in [4.78, 5) is 2.24. The Kier molecular flexibility index (Phi) is 5.19. The summed E-state index contributed by atoms with van der Waals surface area (Å²) >= 11 is 11.6. The van der Waals surface area contributed by atoms with Crippen LogP contribution in [-0.2, 0) is 10.0 Å². The fourth-order valence-electron chi connectivity index (χ4n) is 1.90. The van der Waals surface area contributed by atoms with Crippen molar-refractivity contribution in [1.82, 2.24) is 4.83 Å². The van der Waals surface area contributed by atoms with E-state index < -0.39 is 10.0 Å². The molecule has 0 unspecified atom stereocenters. The Balaban J connectivity index is 2.28. The Bertz CT molecular complexity index is 881. The molecule has 5 nitrogen and oxygen atoms in total. The quantitative estimate of drug-likeness (QED) is 0.635. The van der Waals surface area contributed by atoms with Crippen molar-refractivity contribution in [3.63, 3.8) is 0 Å². The third-order valence-electron chi connectivity index (χ3n) is 3.07. The second-order valence-electron chi connectivity index (χ2n) is 4.95. The molecule has 0 aliphatic heterocycles. The first kappa shape index (κ1) is 17.6. The Hall–Kier alpha value is -1.76. The SMILES string of the molecule is Cc1ccc(C)c(S(=O)(=O)N/N=C/c2cc(Cl)cc(Cl)c2O)c1. The molecular formula is C15H14Cl2N2O3S. The van der Waals surface area contributed by atoms with Gasteiger partial charge in [0.2, 0.25) is 0 Å². The minimum Gasteiger partial charge on any atom is -0.506 e. The van der Waals surface area contributed by atoms with Gasteiger partial charge in [0, 0.05) is 10.6 Å². The Labute approximate surface area is 144 Å². The van der Waals surface area contributed by atoms with Crippen LogP contribution < -0.4 is 4.83 Å². The summed E-state index contributed by atoms with van der Waals surface area (Å²) < 4.78 is 24.5. The third-order valence-corrected chi connectivity index (χ3v) is 4.94. The summed E-state index contributed by atoms with van der Waals surface area (Å²) in [6.45, 7) is 3.49. The van der Waals surface area contributed by atoms with E-state index in [4.69, 9.17) is 23.2 Å². The molecule has 0 atom stereocenters. The maximum atomic E-state index is 12.3. The number of rotatable bonds is 4. The lowest BCUT2D eigenvalue weighted by Crippen LogP contribution is -2.19. The molecule has 122 valence electrons. The van der Waals surface area contributed by atoms with Crippen LogP contribution >= 0.6 is 23.2 Å². The number of aryl methyl sites for hydroxylation is 2. The van der Waals surface area contributed by atoms with E-state index in [2.05, 4.69) is 9.93 Å². The number of halogens is 2. The molecule has 2 N–H and O–H groups in total. The first-order valence-electron chi connectivity index (χ1n) is 6.51. The van der Waals surface area contributed by atoms with E-state index in [1.807, 2.05) is 6.07 Å². The fourth-order valence-corrected chi connectivity index (χ4v) is 3.53. The molecule has 0 fully saturated rings. The lowest BCUT2D eigenvalue weighted by Gasteiger charge is -2.08. The van der Waals surface area contributed by atoms with Crippen LogP contribution in [0.15, 0.2) is 40.3 Å². The average molecular weight is 373 g/mol. The van der Waals surface area contributed by atoms with Crippen LogP contribution in [0.25, 0.3) is 0 Å². The predicted octanol–water partition coefficient (Wildman–Crippen LogP) is 3.63. The summed E-state index contributed by atoms with van der Waals surface area (Å²) in [6, 6.07) is 7.88. The van der Waals surface area contributed by atoms with Crippen molar-refractivity contribution in [2.24, 2.45) is 5.10 Å². The molecule has 0 amide bonds. The van der Waals surface area contributed by atoms with Crippen LogP contribution in [0.3, 0.4) is 0 Å². The van der Waals surface area contributed by atoms with Crippen LogP contribution in [0.2, 0.25) is 10.0 Å². The number of hydrogen-bond acceptors (Lipinski definition) is 4. The monoisotopic (exact) mass is 372 g/mol. The fraction of sp³-hybridized carbons (Fsp3) is 0.133. The molecule has 0 saturated heterocycles. The molecule has 0 radical (unpaired) electrons. The van der Waals surface area contributed by atoms with Gasteiger partial charge in [-0.3, -0.25) is 0 Å². The van der Waals surface area contributed by atoms with Gasteiger partial charge in [0.05, 0.1) is 16.1 Å². The Morgan fingerprint density at radius 3 is 2.57 bits per heavy atom. The molecule has 2 aromatic rings. The van der Waals surface area contributed by atoms with Crippen molar-refractivity contribution in [2.75, 3.05) is 0 Å². The van der Waals surface area contributed by atoms with Gasteiger partial charge in [-0.1, -0.05) is 35.3 Å². The van der Waals surface area contributed by atoms with Crippen molar-refractivity contribution in [3.8, 4) is 5.75 Å². The summed E-state index contributed by atoms with van der Waals surface area (Å²) in [5.74, 6) is -0.231. The number of nitrogens with one attached hydrogen (secondary N) is 1. The van der Waals surface area contributed by atoms with E-state index >= 15 is 0 Å². The first-order valence-corrected chi connectivity index (χ1v) is 8.75. The maximum Gasteiger partial charge on any atom is 0.276 e. The van der Waals surface area contributed by atoms with Crippen LogP contribution in [-0.4, -0.2) is 19.7 Å². The lowest BCUT2D eigenvalue weighted by molar-refractivity contribution is 0.474. The first-order chi connectivity index (χ1) is 10.7. The highest BCUT2D eigenvalue weighted by molar-refractivity contribution is 7.89. The third kappa shape index (κ3) is 4.16. The molecule has 8 heteroatoms. The lowest BCUT2D eigenvalue weighted by atomic mass is 10.2. The molecular weight excluding hydrogens is 359 g/mol. The number of hydrazone groups is 1. The van der Waals surface area contributed by atoms with E-state index in [9.17, 15) is 13.5 Å². The van der Waals surface area contributed by atoms with Crippen molar-refractivity contribution in [1.29, 1.82) is 0 Å². The maximum absolute atomic E-state index is 12.3. The summed E-state index contributed by atoms with van der Waals surface area (Å²) in [5, 5.41) is 13.8. The number of phenolic OH excluding ortho intramolecular Hbond substituents is 1. The highest BCUT2D eigenvalue weighted by Gasteiger charge is 2.16. The predicted molar refractivity (Wildman–Crippen MR) is 92.0 cm³/mol. The van der Waals surface area contributed by atoms with Gasteiger partial charge < -0.3 is 5.11 Å². The highest BCUT2D eigenvalue weighted by atomic mass is 35.5. The molecule has 0 aromatic heterocycles. The number of aromatic hydroxyl groups is 1. The summed E-state index contributed by atoms with van der Waals surface area (Å²) in [6.07, 6.45) is 1.13.